The normalized spacial score (nSPS) is 10.3. The highest BCUT2D eigenvalue weighted by molar-refractivity contribution is 5.74. The summed E-state index contributed by atoms with van der Waals surface area (Å²) in [7, 11) is 0. The van der Waals surface area contributed by atoms with Crippen molar-refractivity contribution in [2.75, 3.05) is 0 Å². The van der Waals surface area contributed by atoms with Gasteiger partial charge in [-0.2, -0.15) is 0 Å². The molecule has 0 aliphatic carbocycles. The lowest BCUT2D eigenvalue weighted by molar-refractivity contribution is -0.149. The Labute approximate surface area is 85.3 Å². The van der Waals surface area contributed by atoms with Crippen molar-refractivity contribution in [3.8, 4) is 0 Å². The van der Waals surface area contributed by atoms with Gasteiger partial charge in [0, 0.05) is 0 Å². The molecule has 0 aliphatic heterocycles. The van der Waals surface area contributed by atoms with Crippen LogP contribution in [0.2, 0.25) is 0 Å². The zero-order chi connectivity index (χ0) is 11.4. The summed E-state index contributed by atoms with van der Waals surface area (Å²) in [6.07, 6.45) is 0.823. The molecular formula is C9H11NO5. The summed E-state index contributed by atoms with van der Waals surface area (Å²) in [6.45, 7) is 3.17. The van der Waals surface area contributed by atoms with E-state index in [9.17, 15) is 9.59 Å². The molecule has 1 aromatic rings. The standard InChI is InChI=1S/C9H11NO5/c1-5(2)8(11)13-4-7-6(3-10)14-9(12)15-7/h3,5,10H,4H2,1-2H3. The fourth-order valence-electron chi connectivity index (χ4n) is 0.832. The van der Waals surface area contributed by atoms with Crippen LogP contribution in [0.15, 0.2) is 13.6 Å². The predicted molar refractivity (Wildman–Crippen MR) is 49.8 cm³/mol. The zero-order valence-corrected chi connectivity index (χ0v) is 8.40. The molecule has 1 rings (SSSR count). The van der Waals surface area contributed by atoms with E-state index in [0.29, 0.717) is 0 Å². The Balaban J connectivity index is 2.68. The molecular weight excluding hydrogens is 202 g/mol. The maximum absolute atomic E-state index is 11.1. The topological polar surface area (TPSA) is 93.5 Å². The highest BCUT2D eigenvalue weighted by atomic mass is 16.6. The highest BCUT2D eigenvalue weighted by Gasteiger charge is 2.14. The minimum absolute atomic E-state index is 0.0310. The predicted octanol–water partition coefficient (Wildman–Crippen LogP) is 0.930. The van der Waals surface area contributed by atoms with Gasteiger partial charge in [-0.1, -0.05) is 13.8 Å². The molecule has 0 aliphatic rings. The molecule has 1 N–H and O–H groups in total. The van der Waals surface area contributed by atoms with E-state index in [1.165, 1.54) is 0 Å². The number of nitrogens with one attached hydrogen (secondary N) is 1. The lowest BCUT2D eigenvalue weighted by Gasteiger charge is -2.04. The van der Waals surface area contributed by atoms with Crippen LogP contribution in [-0.4, -0.2) is 12.2 Å². The Morgan fingerprint density at radius 3 is 2.73 bits per heavy atom. The average Bonchev–Trinajstić information content (AvgIpc) is 2.55. The maximum atomic E-state index is 11.1. The van der Waals surface area contributed by atoms with Crippen LogP contribution < -0.4 is 5.82 Å². The smallest absolute Gasteiger partial charge is 0.457 e. The molecule has 0 saturated heterocycles. The number of hydrogen-bond acceptors (Lipinski definition) is 6. The van der Waals surface area contributed by atoms with Crippen molar-refractivity contribution in [1.29, 1.82) is 5.41 Å². The van der Waals surface area contributed by atoms with Crippen molar-refractivity contribution >= 4 is 12.2 Å². The Morgan fingerprint density at radius 1 is 1.53 bits per heavy atom. The van der Waals surface area contributed by atoms with Gasteiger partial charge in [0.1, 0.15) is 0 Å². The van der Waals surface area contributed by atoms with E-state index < -0.39 is 11.8 Å². The maximum Gasteiger partial charge on any atom is 0.519 e. The molecule has 82 valence electrons. The number of ether oxygens (including phenoxy) is 1. The molecule has 0 fully saturated rings. The number of rotatable bonds is 4. The van der Waals surface area contributed by atoms with Crippen molar-refractivity contribution < 1.29 is 18.4 Å². The molecule has 0 spiro atoms. The van der Waals surface area contributed by atoms with Gasteiger partial charge in [0.25, 0.3) is 0 Å². The van der Waals surface area contributed by atoms with Gasteiger partial charge in [-0.15, -0.1) is 0 Å². The van der Waals surface area contributed by atoms with E-state index in [1.807, 2.05) is 0 Å². The number of hydrogen-bond donors (Lipinski definition) is 1. The largest absolute Gasteiger partial charge is 0.519 e. The van der Waals surface area contributed by atoms with Crippen LogP contribution in [0.3, 0.4) is 0 Å². The van der Waals surface area contributed by atoms with E-state index in [-0.39, 0.29) is 24.0 Å². The lowest BCUT2D eigenvalue weighted by Crippen LogP contribution is -2.11. The Kier molecular flexibility index (Phi) is 3.43. The number of carbonyl (C=O) groups is 1. The van der Waals surface area contributed by atoms with Crippen molar-refractivity contribution in [2.24, 2.45) is 5.92 Å². The first-order valence-corrected chi connectivity index (χ1v) is 4.34. The summed E-state index contributed by atoms with van der Waals surface area (Å²) in [5.41, 5.74) is 0. The van der Waals surface area contributed by atoms with Gasteiger partial charge in [0.2, 0.25) is 0 Å². The van der Waals surface area contributed by atoms with Crippen molar-refractivity contribution in [1.82, 2.24) is 0 Å². The minimum atomic E-state index is -0.913. The summed E-state index contributed by atoms with van der Waals surface area (Å²) in [5.74, 6) is -1.56. The monoisotopic (exact) mass is 213 g/mol. The van der Waals surface area contributed by atoms with E-state index >= 15 is 0 Å². The summed E-state index contributed by atoms with van der Waals surface area (Å²) < 4.78 is 13.9. The lowest BCUT2D eigenvalue weighted by atomic mass is 10.2. The zero-order valence-electron chi connectivity index (χ0n) is 8.40. The van der Waals surface area contributed by atoms with Crippen LogP contribution >= 0.6 is 0 Å². The molecule has 0 unspecified atom stereocenters. The van der Waals surface area contributed by atoms with E-state index in [0.717, 1.165) is 6.21 Å². The van der Waals surface area contributed by atoms with Crippen LogP contribution in [0, 0.1) is 11.3 Å². The van der Waals surface area contributed by atoms with Crippen molar-refractivity contribution in [3.05, 3.63) is 22.1 Å². The molecule has 0 aromatic carbocycles. The summed E-state index contributed by atoms with van der Waals surface area (Å²) >= 11 is 0. The van der Waals surface area contributed by atoms with E-state index in [2.05, 4.69) is 8.83 Å². The molecule has 6 heteroatoms. The molecule has 0 radical (unpaired) electrons. The third kappa shape index (κ3) is 2.80. The third-order valence-electron chi connectivity index (χ3n) is 1.62. The van der Waals surface area contributed by atoms with Crippen LogP contribution in [0.1, 0.15) is 25.4 Å². The molecule has 6 nitrogen and oxygen atoms in total. The van der Waals surface area contributed by atoms with Crippen LogP contribution in [0.25, 0.3) is 0 Å². The average molecular weight is 213 g/mol. The van der Waals surface area contributed by atoms with Gasteiger partial charge in [-0.05, 0) is 0 Å². The third-order valence-corrected chi connectivity index (χ3v) is 1.62. The summed E-state index contributed by atoms with van der Waals surface area (Å²) in [4.78, 5) is 21.8. The first-order chi connectivity index (χ1) is 7.04. The van der Waals surface area contributed by atoms with Gasteiger partial charge in [0.15, 0.2) is 18.1 Å². The van der Waals surface area contributed by atoms with Gasteiger partial charge >= 0.3 is 11.8 Å². The summed E-state index contributed by atoms with van der Waals surface area (Å²) in [5, 5.41) is 6.91. The van der Waals surface area contributed by atoms with Crippen LogP contribution in [0.5, 0.6) is 0 Å². The van der Waals surface area contributed by atoms with Gasteiger partial charge < -0.3 is 19.0 Å². The second kappa shape index (κ2) is 4.59. The number of esters is 1. The second-order valence-corrected chi connectivity index (χ2v) is 3.15. The quantitative estimate of drug-likeness (QED) is 0.593. The number of carbonyl (C=O) groups excluding carboxylic acids is 1. The molecule has 1 aromatic heterocycles. The Morgan fingerprint density at radius 2 is 2.20 bits per heavy atom. The first kappa shape index (κ1) is 11.2. The van der Waals surface area contributed by atoms with E-state index in [4.69, 9.17) is 10.1 Å². The Hall–Kier alpha value is -1.85. The van der Waals surface area contributed by atoms with Crippen LogP contribution in [0.4, 0.5) is 0 Å². The molecule has 15 heavy (non-hydrogen) atoms. The van der Waals surface area contributed by atoms with Crippen LogP contribution in [-0.2, 0) is 16.1 Å². The molecule has 1 heterocycles. The fraction of sp³-hybridized carbons (Fsp3) is 0.444. The SMILES string of the molecule is CC(C)C(=O)OCc1oc(=O)oc1C=N. The van der Waals surface area contributed by atoms with Gasteiger partial charge in [-0.25, -0.2) is 4.79 Å². The van der Waals surface area contributed by atoms with Crippen molar-refractivity contribution in [3.63, 3.8) is 0 Å². The van der Waals surface area contributed by atoms with E-state index in [1.54, 1.807) is 13.8 Å². The second-order valence-electron chi connectivity index (χ2n) is 3.15. The molecule has 0 amide bonds. The minimum Gasteiger partial charge on any atom is -0.457 e. The molecule has 0 bridgehead atoms. The first-order valence-electron chi connectivity index (χ1n) is 4.34. The highest BCUT2D eigenvalue weighted by Crippen LogP contribution is 2.07. The Bertz CT molecular complexity index is 414. The summed E-state index contributed by atoms with van der Waals surface area (Å²) in [6, 6.07) is 0. The molecule has 0 atom stereocenters. The fourth-order valence-corrected chi connectivity index (χ4v) is 0.832. The molecule has 0 saturated carbocycles. The van der Waals surface area contributed by atoms with Crippen molar-refractivity contribution in [2.45, 2.75) is 20.5 Å². The van der Waals surface area contributed by atoms with Gasteiger partial charge in [0.05, 0.1) is 12.1 Å². The van der Waals surface area contributed by atoms with Gasteiger partial charge in [-0.3, -0.25) is 4.79 Å².